The van der Waals surface area contributed by atoms with E-state index in [2.05, 4.69) is 6.58 Å². The van der Waals surface area contributed by atoms with Gasteiger partial charge in [-0.15, -0.1) is 0 Å². The van der Waals surface area contributed by atoms with Gasteiger partial charge in [0.2, 0.25) is 0 Å². The highest BCUT2D eigenvalue weighted by atomic mass is 19.4. The monoisotopic (exact) mass is 366 g/mol. The molecule has 0 unspecified atom stereocenters. The number of hydrogen-bond acceptors (Lipinski definition) is 1. The van der Waals surface area contributed by atoms with E-state index in [-0.39, 0.29) is 24.3 Å². The van der Waals surface area contributed by atoms with Crippen LogP contribution in [0.25, 0.3) is 6.08 Å². The zero-order valence-electron chi connectivity index (χ0n) is 14.9. The molecule has 0 bridgehead atoms. The number of ether oxygens (including phenoxy) is 1. The van der Waals surface area contributed by atoms with Crippen LogP contribution >= 0.6 is 0 Å². The quantitative estimate of drug-likeness (QED) is 0.528. The van der Waals surface area contributed by atoms with E-state index in [4.69, 9.17) is 4.74 Å². The van der Waals surface area contributed by atoms with Crippen molar-refractivity contribution in [3.05, 3.63) is 70.5 Å². The maximum absolute atomic E-state index is 14.5. The summed E-state index contributed by atoms with van der Waals surface area (Å²) in [6, 6.07) is 8.80. The SMILES string of the molecule is C=Cc1ccc(CCc2c(CC)cc(OCC)c(F)c2C(F)(F)F)cc1. The van der Waals surface area contributed by atoms with Crippen molar-refractivity contribution in [2.75, 3.05) is 6.61 Å². The summed E-state index contributed by atoms with van der Waals surface area (Å²) in [5.41, 5.74) is 1.09. The fraction of sp³-hybridized carbons (Fsp3) is 0.333. The molecule has 0 atom stereocenters. The minimum Gasteiger partial charge on any atom is -0.491 e. The average molecular weight is 366 g/mol. The normalized spacial score (nSPS) is 11.5. The Balaban J connectivity index is 2.44. The summed E-state index contributed by atoms with van der Waals surface area (Å²) in [7, 11) is 0. The molecule has 2 aromatic carbocycles. The maximum Gasteiger partial charge on any atom is 0.419 e. The third-order valence-electron chi connectivity index (χ3n) is 4.27. The van der Waals surface area contributed by atoms with E-state index in [1.807, 2.05) is 24.3 Å². The molecule has 0 N–H and O–H groups in total. The van der Waals surface area contributed by atoms with Crippen LogP contribution in [0.2, 0.25) is 0 Å². The van der Waals surface area contributed by atoms with Crippen molar-refractivity contribution in [1.29, 1.82) is 0 Å². The molecule has 0 aliphatic heterocycles. The van der Waals surface area contributed by atoms with Crippen LogP contribution in [-0.2, 0) is 25.4 Å². The lowest BCUT2D eigenvalue weighted by Gasteiger charge is -2.20. The van der Waals surface area contributed by atoms with E-state index < -0.39 is 17.6 Å². The van der Waals surface area contributed by atoms with Gasteiger partial charge in [0.1, 0.15) is 0 Å². The van der Waals surface area contributed by atoms with Crippen molar-refractivity contribution >= 4 is 6.08 Å². The molecular formula is C21H22F4O. The van der Waals surface area contributed by atoms with Crippen molar-refractivity contribution in [2.24, 2.45) is 0 Å². The lowest BCUT2D eigenvalue weighted by molar-refractivity contribution is -0.140. The van der Waals surface area contributed by atoms with Gasteiger partial charge < -0.3 is 4.74 Å². The summed E-state index contributed by atoms with van der Waals surface area (Å²) >= 11 is 0. The van der Waals surface area contributed by atoms with Crippen molar-refractivity contribution in [1.82, 2.24) is 0 Å². The van der Waals surface area contributed by atoms with E-state index in [1.165, 1.54) is 6.07 Å². The lowest BCUT2D eigenvalue weighted by atomic mass is 9.92. The zero-order valence-corrected chi connectivity index (χ0v) is 14.9. The Bertz CT molecular complexity index is 761. The van der Waals surface area contributed by atoms with E-state index >= 15 is 0 Å². The molecule has 5 heteroatoms. The predicted octanol–water partition coefficient (Wildman–Crippen LogP) is 6.23. The first-order valence-electron chi connectivity index (χ1n) is 8.57. The Morgan fingerprint density at radius 1 is 1.08 bits per heavy atom. The zero-order chi connectivity index (χ0) is 19.3. The van der Waals surface area contributed by atoms with Crippen LogP contribution in [-0.4, -0.2) is 6.61 Å². The van der Waals surface area contributed by atoms with E-state index in [0.29, 0.717) is 18.4 Å². The van der Waals surface area contributed by atoms with Crippen LogP contribution < -0.4 is 4.74 Å². The Morgan fingerprint density at radius 2 is 1.73 bits per heavy atom. The summed E-state index contributed by atoms with van der Waals surface area (Å²) in [4.78, 5) is 0. The van der Waals surface area contributed by atoms with Crippen LogP contribution in [0.1, 0.15) is 41.7 Å². The third kappa shape index (κ3) is 4.45. The molecule has 140 valence electrons. The minimum absolute atomic E-state index is 0.00810. The molecule has 0 saturated heterocycles. The number of rotatable bonds is 7. The molecule has 1 nitrogen and oxygen atoms in total. The van der Waals surface area contributed by atoms with Gasteiger partial charge in [-0.2, -0.15) is 13.2 Å². The molecule has 0 spiro atoms. The summed E-state index contributed by atoms with van der Waals surface area (Å²) in [5.74, 6) is -1.66. The molecule has 0 saturated carbocycles. The first-order valence-corrected chi connectivity index (χ1v) is 8.57. The first kappa shape index (κ1) is 20.0. The highest BCUT2D eigenvalue weighted by Gasteiger charge is 2.39. The van der Waals surface area contributed by atoms with Crippen LogP contribution in [0, 0.1) is 5.82 Å². The Hall–Kier alpha value is -2.30. The summed E-state index contributed by atoms with van der Waals surface area (Å²) in [5, 5.41) is 0. The molecule has 2 rings (SSSR count). The first-order chi connectivity index (χ1) is 12.3. The van der Waals surface area contributed by atoms with E-state index in [1.54, 1.807) is 19.9 Å². The van der Waals surface area contributed by atoms with Crippen LogP contribution in [0.3, 0.4) is 0 Å². The highest BCUT2D eigenvalue weighted by molar-refractivity contribution is 5.48. The second-order valence-corrected chi connectivity index (χ2v) is 5.93. The molecule has 0 heterocycles. The molecule has 0 radical (unpaired) electrons. The summed E-state index contributed by atoms with van der Waals surface area (Å²) < 4.78 is 60.3. The van der Waals surface area contributed by atoms with Crippen LogP contribution in [0.15, 0.2) is 36.9 Å². The fourth-order valence-electron chi connectivity index (χ4n) is 2.97. The lowest BCUT2D eigenvalue weighted by Crippen LogP contribution is -2.16. The van der Waals surface area contributed by atoms with E-state index in [9.17, 15) is 17.6 Å². The third-order valence-corrected chi connectivity index (χ3v) is 4.27. The largest absolute Gasteiger partial charge is 0.491 e. The Labute approximate surface area is 151 Å². The number of alkyl halides is 3. The van der Waals surface area contributed by atoms with Gasteiger partial charge in [-0.05, 0) is 54.5 Å². The molecule has 26 heavy (non-hydrogen) atoms. The van der Waals surface area contributed by atoms with Gasteiger partial charge in [0.15, 0.2) is 11.6 Å². The van der Waals surface area contributed by atoms with Crippen molar-refractivity contribution in [2.45, 2.75) is 39.3 Å². The fourth-order valence-corrected chi connectivity index (χ4v) is 2.97. The number of halogens is 4. The number of hydrogen-bond donors (Lipinski definition) is 0. The van der Waals surface area contributed by atoms with Gasteiger partial charge in [-0.25, -0.2) is 4.39 Å². The maximum atomic E-state index is 14.5. The Morgan fingerprint density at radius 3 is 2.23 bits per heavy atom. The predicted molar refractivity (Wildman–Crippen MR) is 95.9 cm³/mol. The van der Waals surface area contributed by atoms with Gasteiger partial charge in [-0.3, -0.25) is 0 Å². The van der Waals surface area contributed by atoms with Gasteiger partial charge >= 0.3 is 6.18 Å². The smallest absolute Gasteiger partial charge is 0.419 e. The standard InChI is InChI=1S/C21H22F4O/c1-4-14-7-9-15(10-8-14)11-12-17-16(5-2)13-18(26-6-3)20(22)19(17)21(23,24)25/h4,7-10,13H,1,5-6,11-12H2,2-3H3. The van der Waals surface area contributed by atoms with E-state index in [0.717, 1.165) is 11.1 Å². The summed E-state index contributed by atoms with van der Waals surface area (Å²) in [6.45, 7) is 7.14. The van der Waals surface area contributed by atoms with Crippen LogP contribution in [0.4, 0.5) is 17.6 Å². The average Bonchev–Trinajstić information content (AvgIpc) is 2.61. The Kier molecular flexibility index (Phi) is 6.46. The molecule has 0 fully saturated rings. The van der Waals surface area contributed by atoms with Gasteiger partial charge in [0, 0.05) is 0 Å². The summed E-state index contributed by atoms with van der Waals surface area (Å²) in [6.07, 6.45) is -2.21. The number of benzene rings is 2. The highest BCUT2D eigenvalue weighted by Crippen LogP contribution is 2.40. The van der Waals surface area contributed by atoms with Crippen molar-refractivity contribution in [3.63, 3.8) is 0 Å². The molecule has 0 aliphatic carbocycles. The molecule has 2 aromatic rings. The molecular weight excluding hydrogens is 344 g/mol. The minimum atomic E-state index is -4.77. The van der Waals surface area contributed by atoms with Gasteiger partial charge in [-0.1, -0.05) is 43.8 Å². The molecule has 0 aliphatic rings. The van der Waals surface area contributed by atoms with Gasteiger partial charge in [0.05, 0.1) is 12.2 Å². The van der Waals surface area contributed by atoms with Crippen LogP contribution in [0.5, 0.6) is 5.75 Å². The van der Waals surface area contributed by atoms with Crippen molar-refractivity contribution < 1.29 is 22.3 Å². The topological polar surface area (TPSA) is 9.23 Å². The second kappa shape index (κ2) is 8.39. The van der Waals surface area contributed by atoms with Gasteiger partial charge in [0.25, 0.3) is 0 Å². The van der Waals surface area contributed by atoms with Crippen molar-refractivity contribution in [3.8, 4) is 5.75 Å². The molecule has 0 amide bonds. The molecule has 0 aromatic heterocycles. The second-order valence-electron chi connectivity index (χ2n) is 5.93. The number of aryl methyl sites for hydroxylation is 2.